The molecule has 1 aliphatic heterocycles. The number of aliphatic hydroxyl groups is 1. The van der Waals surface area contributed by atoms with Crippen molar-refractivity contribution in [2.75, 3.05) is 19.8 Å². The number of benzene rings is 2. The van der Waals surface area contributed by atoms with Crippen molar-refractivity contribution in [3.05, 3.63) is 83.4 Å². The zero-order valence-corrected chi connectivity index (χ0v) is 19.9. The molecule has 3 aromatic rings. The number of aromatic nitrogens is 3. The van der Waals surface area contributed by atoms with Crippen molar-refractivity contribution in [2.45, 2.75) is 49.3 Å². The van der Waals surface area contributed by atoms with Gasteiger partial charge in [-0.2, -0.15) is 26.3 Å². The lowest BCUT2D eigenvalue weighted by Gasteiger charge is -2.47. The summed E-state index contributed by atoms with van der Waals surface area (Å²) >= 11 is 0. The van der Waals surface area contributed by atoms with Crippen LogP contribution < -0.4 is 5.32 Å². The van der Waals surface area contributed by atoms with Gasteiger partial charge in [-0.15, -0.1) is 10.2 Å². The molecule has 0 aliphatic carbocycles. The Hall–Kier alpha value is -2.96. The number of rotatable bonds is 7. The average molecular weight is 528 g/mol. The van der Waals surface area contributed by atoms with Gasteiger partial charge in [-0.1, -0.05) is 30.3 Å². The monoisotopic (exact) mass is 528 g/mol. The van der Waals surface area contributed by atoms with Crippen LogP contribution in [-0.4, -0.2) is 39.6 Å². The highest BCUT2D eigenvalue weighted by molar-refractivity contribution is 5.35. The zero-order valence-electron chi connectivity index (χ0n) is 19.9. The van der Waals surface area contributed by atoms with E-state index in [4.69, 9.17) is 4.74 Å². The quantitative estimate of drug-likeness (QED) is 0.420. The highest BCUT2D eigenvalue weighted by Gasteiger charge is 2.45. The highest BCUT2D eigenvalue weighted by atomic mass is 19.4. The van der Waals surface area contributed by atoms with E-state index in [1.165, 1.54) is 19.6 Å². The Morgan fingerprint density at radius 3 is 2.05 bits per heavy atom. The number of nitrogens with zero attached hydrogens (tertiary/aromatic N) is 3. The maximum atomic E-state index is 13.3. The molecule has 0 bridgehead atoms. The fourth-order valence-electron chi connectivity index (χ4n) is 4.63. The van der Waals surface area contributed by atoms with Gasteiger partial charge in [-0.05, 0) is 49.1 Å². The summed E-state index contributed by atoms with van der Waals surface area (Å²) in [6.45, 7) is 1.51. The molecule has 2 aromatic carbocycles. The van der Waals surface area contributed by atoms with Crippen LogP contribution in [0, 0.1) is 0 Å². The van der Waals surface area contributed by atoms with Crippen LogP contribution in [0.4, 0.5) is 26.3 Å². The van der Waals surface area contributed by atoms with Crippen molar-refractivity contribution in [3.8, 4) is 0 Å². The minimum absolute atomic E-state index is 0.0283. The fourth-order valence-corrected chi connectivity index (χ4v) is 4.63. The number of halogens is 6. The second kappa shape index (κ2) is 10.1. The van der Waals surface area contributed by atoms with E-state index in [-0.39, 0.29) is 24.8 Å². The van der Waals surface area contributed by atoms with Gasteiger partial charge in [0.1, 0.15) is 12.7 Å². The molecule has 1 fully saturated rings. The molecule has 200 valence electrons. The zero-order chi connectivity index (χ0) is 26.9. The summed E-state index contributed by atoms with van der Waals surface area (Å²) < 4.78 is 87.7. The maximum absolute atomic E-state index is 13.3. The number of hydrogen-bond acceptors (Lipinski definition) is 5. The third-order valence-electron chi connectivity index (χ3n) is 7.02. The van der Waals surface area contributed by atoms with E-state index in [9.17, 15) is 31.4 Å². The summed E-state index contributed by atoms with van der Waals surface area (Å²) in [4.78, 5) is 0. The third-order valence-corrected chi connectivity index (χ3v) is 7.02. The SMILES string of the molecule is C[C@H](OC[C@]1(c2ccccc2)CC[C@@](CO)(n2cnnc2)CN1)c1cc(C(F)(F)F)cc(C(F)(F)F)c1. The molecular formula is C25H26F6N4O2. The normalized spacial score (nSPS) is 23.7. The van der Waals surface area contributed by atoms with Crippen molar-refractivity contribution in [2.24, 2.45) is 0 Å². The number of alkyl halides is 6. The van der Waals surface area contributed by atoms with Crippen LogP contribution in [0.15, 0.2) is 61.2 Å². The molecule has 1 saturated heterocycles. The molecule has 1 aliphatic rings. The first kappa shape index (κ1) is 27.1. The molecule has 6 nitrogen and oxygen atoms in total. The van der Waals surface area contributed by atoms with E-state index in [1.54, 1.807) is 4.57 Å². The fraction of sp³-hybridized carbons (Fsp3) is 0.440. The predicted octanol–water partition coefficient (Wildman–Crippen LogP) is 5.06. The Kier molecular flexibility index (Phi) is 7.37. The topological polar surface area (TPSA) is 72.2 Å². The van der Waals surface area contributed by atoms with Crippen LogP contribution in [0.25, 0.3) is 0 Å². The Bertz CT molecular complexity index is 1140. The molecule has 4 rings (SSSR count). The first-order valence-electron chi connectivity index (χ1n) is 11.6. The van der Waals surface area contributed by atoms with E-state index < -0.39 is 40.7 Å². The molecule has 3 atom stereocenters. The maximum Gasteiger partial charge on any atom is 0.416 e. The summed E-state index contributed by atoms with van der Waals surface area (Å²) in [7, 11) is 0. The van der Waals surface area contributed by atoms with Crippen LogP contribution in [0.2, 0.25) is 0 Å². The van der Waals surface area contributed by atoms with Gasteiger partial charge < -0.3 is 19.7 Å². The number of piperidine rings is 1. The number of aliphatic hydroxyl groups excluding tert-OH is 1. The van der Waals surface area contributed by atoms with E-state index in [2.05, 4.69) is 15.5 Å². The van der Waals surface area contributed by atoms with Gasteiger partial charge in [-0.3, -0.25) is 0 Å². The second-order valence-corrected chi connectivity index (χ2v) is 9.35. The van der Waals surface area contributed by atoms with Crippen LogP contribution in [0.5, 0.6) is 0 Å². The van der Waals surface area contributed by atoms with Gasteiger partial charge in [-0.25, -0.2) is 0 Å². The summed E-state index contributed by atoms with van der Waals surface area (Å²) in [6, 6.07) is 10.7. The van der Waals surface area contributed by atoms with Crippen molar-refractivity contribution in [1.29, 1.82) is 0 Å². The van der Waals surface area contributed by atoms with Crippen LogP contribution in [0.3, 0.4) is 0 Å². The molecule has 0 spiro atoms. The molecule has 0 saturated carbocycles. The molecule has 0 unspecified atom stereocenters. The molecule has 1 aromatic heterocycles. The van der Waals surface area contributed by atoms with Crippen LogP contribution in [-0.2, 0) is 28.2 Å². The lowest BCUT2D eigenvalue weighted by atomic mass is 9.76. The van der Waals surface area contributed by atoms with E-state index >= 15 is 0 Å². The van der Waals surface area contributed by atoms with Gasteiger partial charge in [0.05, 0.1) is 41.5 Å². The van der Waals surface area contributed by atoms with Gasteiger partial charge in [0.2, 0.25) is 0 Å². The molecule has 2 N–H and O–H groups in total. The Labute approximate surface area is 209 Å². The molecule has 12 heteroatoms. The number of hydrogen-bond donors (Lipinski definition) is 2. The summed E-state index contributed by atoms with van der Waals surface area (Å²) in [5.41, 5.74) is -3.66. The van der Waals surface area contributed by atoms with Gasteiger partial charge >= 0.3 is 12.4 Å². The lowest BCUT2D eigenvalue weighted by Crippen LogP contribution is -2.60. The minimum atomic E-state index is -4.94. The number of nitrogens with one attached hydrogen (secondary N) is 1. The molecule has 0 amide bonds. The summed E-state index contributed by atoms with van der Waals surface area (Å²) in [6.07, 6.45) is -6.98. The summed E-state index contributed by atoms with van der Waals surface area (Å²) in [5.74, 6) is 0. The Morgan fingerprint density at radius 2 is 1.57 bits per heavy atom. The first-order valence-corrected chi connectivity index (χ1v) is 11.6. The van der Waals surface area contributed by atoms with Gasteiger partial charge in [0.25, 0.3) is 0 Å². The smallest absolute Gasteiger partial charge is 0.394 e. The Morgan fingerprint density at radius 1 is 0.973 bits per heavy atom. The molecule has 0 radical (unpaired) electrons. The second-order valence-electron chi connectivity index (χ2n) is 9.35. The molecule has 2 heterocycles. The predicted molar refractivity (Wildman–Crippen MR) is 121 cm³/mol. The third kappa shape index (κ3) is 5.65. The lowest BCUT2D eigenvalue weighted by molar-refractivity contribution is -0.143. The highest BCUT2D eigenvalue weighted by Crippen LogP contribution is 2.40. The van der Waals surface area contributed by atoms with E-state index in [1.807, 2.05) is 30.3 Å². The molecular weight excluding hydrogens is 502 g/mol. The van der Waals surface area contributed by atoms with Crippen molar-refractivity contribution in [3.63, 3.8) is 0 Å². The van der Waals surface area contributed by atoms with Crippen LogP contribution >= 0.6 is 0 Å². The molecule has 37 heavy (non-hydrogen) atoms. The van der Waals surface area contributed by atoms with E-state index in [0.29, 0.717) is 31.5 Å². The Balaban J connectivity index is 1.60. The van der Waals surface area contributed by atoms with Crippen molar-refractivity contribution >= 4 is 0 Å². The largest absolute Gasteiger partial charge is 0.416 e. The average Bonchev–Trinajstić information content (AvgIpc) is 3.43. The first-order chi connectivity index (χ1) is 17.4. The minimum Gasteiger partial charge on any atom is -0.394 e. The standard InChI is InChI=1S/C25H26F6N4O2/c1-17(18-9-20(24(26,27)28)11-21(10-18)25(29,30)31)37-14-23(19-5-3-2-4-6-19)8-7-22(13-36,12-32-23)35-15-33-34-16-35/h2-6,9-11,15-17,32,36H,7-8,12-14H2,1H3/t17-,22+,23-/m0/s1. The summed E-state index contributed by atoms with van der Waals surface area (Å²) in [5, 5.41) is 21.2. The van der Waals surface area contributed by atoms with E-state index in [0.717, 1.165) is 5.56 Å². The van der Waals surface area contributed by atoms with Gasteiger partial charge in [0, 0.05) is 6.54 Å². The van der Waals surface area contributed by atoms with Crippen molar-refractivity contribution in [1.82, 2.24) is 20.1 Å². The number of ether oxygens (including phenoxy) is 1. The van der Waals surface area contributed by atoms with Gasteiger partial charge in [0.15, 0.2) is 0 Å². The van der Waals surface area contributed by atoms with Crippen molar-refractivity contribution < 1.29 is 36.2 Å². The van der Waals surface area contributed by atoms with Crippen LogP contribution in [0.1, 0.15) is 48.1 Å².